The summed E-state index contributed by atoms with van der Waals surface area (Å²) in [6.07, 6.45) is 1.74. The minimum absolute atomic E-state index is 0.682. The van der Waals surface area contributed by atoms with Gasteiger partial charge < -0.3 is 19.1 Å². The van der Waals surface area contributed by atoms with Crippen LogP contribution in [0.15, 0.2) is 24.5 Å². The van der Waals surface area contributed by atoms with E-state index in [1.807, 2.05) is 30.7 Å². The number of thiazole rings is 1. The molecule has 1 aliphatic heterocycles. The Bertz CT molecular complexity index is 836. The fourth-order valence-electron chi connectivity index (χ4n) is 2.95. The topological polar surface area (TPSA) is 59.3 Å². The van der Waals surface area contributed by atoms with E-state index in [-0.39, 0.29) is 0 Å². The first kappa shape index (κ1) is 15.2. The molecule has 0 saturated carbocycles. The van der Waals surface area contributed by atoms with E-state index < -0.39 is 0 Å². The van der Waals surface area contributed by atoms with Gasteiger partial charge in [0.2, 0.25) is 5.95 Å². The zero-order valence-corrected chi connectivity index (χ0v) is 14.7. The lowest BCUT2D eigenvalue weighted by atomic mass is 10.3. The quantitative estimate of drug-likeness (QED) is 0.723. The lowest BCUT2D eigenvalue weighted by Crippen LogP contribution is -2.47. The molecule has 0 unspecified atom stereocenters. The number of aryl methyl sites for hydroxylation is 1. The van der Waals surface area contributed by atoms with Gasteiger partial charge in [-0.2, -0.15) is 0 Å². The van der Waals surface area contributed by atoms with Crippen molar-refractivity contribution in [2.45, 2.75) is 6.92 Å². The third kappa shape index (κ3) is 2.77. The summed E-state index contributed by atoms with van der Waals surface area (Å²) in [4.78, 5) is 9.39. The van der Waals surface area contributed by atoms with E-state index in [2.05, 4.69) is 26.1 Å². The SMILES string of the molecule is CCOc1ccc2nc(N3CCN(c4nncn4C)CC3)sc2c1. The van der Waals surface area contributed by atoms with Gasteiger partial charge in [0.15, 0.2) is 5.13 Å². The largest absolute Gasteiger partial charge is 0.494 e. The molecule has 3 heterocycles. The normalized spacial score (nSPS) is 15.2. The Hall–Kier alpha value is -2.35. The molecule has 7 nitrogen and oxygen atoms in total. The van der Waals surface area contributed by atoms with Crippen molar-refractivity contribution in [1.29, 1.82) is 0 Å². The van der Waals surface area contributed by atoms with Crippen LogP contribution in [-0.2, 0) is 7.05 Å². The van der Waals surface area contributed by atoms with E-state index in [1.165, 1.54) is 4.70 Å². The molecule has 1 saturated heterocycles. The third-order valence-electron chi connectivity index (χ3n) is 4.18. The molecule has 4 rings (SSSR count). The summed E-state index contributed by atoms with van der Waals surface area (Å²) in [6, 6.07) is 6.10. The van der Waals surface area contributed by atoms with Crippen LogP contribution in [-0.4, -0.2) is 52.5 Å². The van der Waals surface area contributed by atoms with Crippen LogP contribution in [0.1, 0.15) is 6.92 Å². The summed E-state index contributed by atoms with van der Waals surface area (Å²) in [5, 5.41) is 9.23. The van der Waals surface area contributed by atoms with Crippen molar-refractivity contribution in [3.63, 3.8) is 0 Å². The molecule has 0 spiro atoms. The van der Waals surface area contributed by atoms with Gasteiger partial charge >= 0.3 is 0 Å². The van der Waals surface area contributed by atoms with Crippen molar-refractivity contribution < 1.29 is 4.74 Å². The van der Waals surface area contributed by atoms with Crippen LogP contribution in [0.5, 0.6) is 5.75 Å². The summed E-state index contributed by atoms with van der Waals surface area (Å²) in [6.45, 7) is 6.40. The molecule has 126 valence electrons. The van der Waals surface area contributed by atoms with E-state index >= 15 is 0 Å². The number of anilines is 2. The minimum Gasteiger partial charge on any atom is -0.494 e. The smallest absolute Gasteiger partial charge is 0.226 e. The van der Waals surface area contributed by atoms with Crippen molar-refractivity contribution in [2.75, 3.05) is 42.6 Å². The number of hydrogen-bond acceptors (Lipinski definition) is 7. The van der Waals surface area contributed by atoms with Crippen molar-refractivity contribution in [1.82, 2.24) is 19.7 Å². The Labute approximate surface area is 144 Å². The van der Waals surface area contributed by atoms with Crippen LogP contribution in [0.25, 0.3) is 10.2 Å². The van der Waals surface area contributed by atoms with Crippen molar-refractivity contribution in [3.05, 3.63) is 24.5 Å². The van der Waals surface area contributed by atoms with E-state index in [9.17, 15) is 0 Å². The van der Waals surface area contributed by atoms with Crippen LogP contribution in [0, 0.1) is 0 Å². The Kier molecular flexibility index (Phi) is 3.97. The highest BCUT2D eigenvalue weighted by Gasteiger charge is 2.22. The molecule has 0 amide bonds. The number of benzene rings is 1. The fourth-order valence-corrected chi connectivity index (χ4v) is 3.99. The first-order valence-corrected chi connectivity index (χ1v) is 8.93. The first-order chi connectivity index (χ1) is 11.7. The number of rotatable bonds is 4. The molecular formula is C16H20N6OS. The van der Waals surface area contributed by atoms with Gasteiger partial charge in [0.1, 0.15) is 12.1 Å². The molecule has 1 aliphatic rings. The number of aromatic nitrogens is 4. The highest BCUT2D eigenvalue weighted by molar-refractivity contribution is 7.22. The van der Waals surface area contributed by atoms with Crippen molar-refractivity contribution in [2.24, 2.45) is 7.05 Å². The predicted molar refractivity (Wildman–Crippen MR) is 96.2 cm³/mol. The maximum absolute atomic E-state index is 5.58. The maximum Gasteiger partial charge on any atom is 0.226 e. The number of fused-ring (bicyclic) bond motifs is 1. The molecule has 0 bridgehead atoms. The molecule has 0 N–H and O–H groups in total. The molecule has 0 radical (unpaired) electrons. The molecule has 2 aromatic heterocycles. The summed E-state index contributed by atoms with van der Waals surface area (Å²) in [7, 11) is 1.98. The second-order valence-corrected chi connectivity index (χ2v) is 6.78. The monoisotopic (exact) mass is 344 g/mol. The molecular weight excluding hydrogens is 324 g/mol. The standard InChI is InChI=1S/C16H20N6OS/c1-3-23-12-4-5-13-14(10-12)24-16(18-13)22-8-6-21(7-9-22)15-19-17-11-20(15)2/h4-5,10-11H,3,6-9H2,1-2H3. The van der Waals surface area contributed by atoms with Crippen LogP contribution >= 0.6 is 11.3 Å². The maximum atomic E-state index is 5.58. The molecule has 24 heavy (non-hydrogen) atoms. The zero-order chi connectivity index (χ0) is 16.5. The Morgan fingerprint density at radius 1 is 1.17 bits per heavy atom. The van der Waals surface area contributed by atoms with Crippen molar-refractivity contribution >= 4 is 32.6 Å². The lowest BCUT2D eigenvalue weighted by molar-refractivity contribution is 0.341. The Balaban J connectivity index is 1.49. The fraction of sp³-hybridized carbons (Fsp3) is 0.438. The van der Waals surface area contributed by atoms with Crippen LogP contribution in [0.2, 0.25) is 0 Å². The number of nitrogens with zero attached hydrogens (tertiary/aromatic N) is 6. The average molecular weight is 344 g/mol. The van der Waals surface area contributed by atoms with E-state index in [0.717, 1.165) is 48.5 Å². The molecule has 0 atom stereocenters. The van der Waals surface area contributed by atoms with Gasteiger partial charge in [-0.05, 0) is 25.1 Å². The summed E-state index contributed by atoms with van der Waals surface area (Å²) >= 11 is 1.73. The Morgan fingerprint density at radius 3 is 2.67 bits per heavy atom. The van der Waals surface area contributed by atoms with Gasteiger partial charge in [-0.15, -0.1) is 10.2 Å². The second-order valence-electron chi connectivity index (χ2n) is 5.77. The number of piperazine rings is 1. The first-order valence-electron chi connectivity index (χ1n) is 8.12. The highest BCUT2D eigenvalue weighted by atomic mass is 32.1. The molecule has 0 aliphatic carbocycles. The predicted octanol–water partition coefficient (Wildman–Crippen LogP) is 2.15. The third-order valence-corrected chi connectivity index (χ3v) is 5.26. The average Bonchev–Trinajstić information content (AvgIpc) is 3.21. The van der Waals surface area contributed by atoms with E-state index in [0.29, 0.717) is 6.61 Å². The summed E-state index contributed by atoms with van der Waals surface area (Å²) in [5.41, 5.74) is 1.04. The number of ether oxygens (including phenoxy) is 1. The van der Waals surface area contributed by atoms with Gasteiger partial charge in [0.25, 0.3) is 0 Å². The van der Waals surface area contributed by atoms with E-state index in [4.69, 9.17) is 9.72 Å². The van der Waals surface area contributed by atoms with Gasteiger partial charge in [0.05, 0.1) is 16.8 Å². The molecule has 1 aromatic carbocycles. The van der Waals surface area contributed by atoms with Crippen LogP contribution in [0.3, 0.4) is 0 Å². The van der Waals surface area contributed by atoms with Gasteiger partial charge in [-0.25, -0.2) is 4.98 Å². The minimum atomic E-state index is 0.682. The Morgan fingerprint density at radius 2 is 1.96 bits per heavy atom. The summed E-state index contributed by atoms with van der Waals surface area (Å²) in [5.74, 6) is 1.84. The zero-order valence-electron chi connectivity index (χ0n) is 13.8. The van der Waals surface area contributed by atoms with Crippen LogP contribution < -0.4 is 14.5 Å². The van der Waals surface area contributed by atoms with Crippen LogP contribution in [0.4, 0.5) is 11.1 Å². The lowest BCUT2D eigenvalue weighted by Gasteiger charge is -2.34. The highest BCUT2D eigenvalue weighted by Crippen LogP contribution is 2.32. The van der Waals surface area contributed by atoms with Gasteiger partial charge in [-0.3, -0.25) is 0 Å². The molecule has 3 aromatic rings. The van der Waals surface area contributed by atoms with E-state index in [1.54, 1.807) is 17.7 Å². The van der Waals surface area contributed by atoms with Gasteiger partial charge in [0, 0.05) is 33.2 Å². The van der Waals surface area contributed by atoms with Crippen molar-refractivity contribution in [3.8, 4) is 5.75 Å². The summed E-state index contributed by atoms with van der Waals surface area (Å²) < 4.78 is 8.71. The van der Waals surface area contributed by atoms with Gasteiger partial charge in [-0.1, -0.05) is 11.3 Å². The molecule has 8 heteroatoms. The number of hydrogen-bond donors (Lipinski definition) is 0. The molecule has 1 fully saturated rings. The second kappa shape index (κ2) is 6.27.